The molecular weight excluding hydrogens is 562 g/mol. The molecule has 4 N–H and O–H groups in total. The molecule has 0 aliphatic carbocycles. The van der Waals surface area contributed by atoms with Crippen LogP contribution in [0.1, 0.15) is 60.7 Å². The first-order valence-corrected chi connectivity index (χ1v) is 12.0. The molecule has 2 atom stereocenters. The fraction of sp³-hybridized carbons (Fsp3) is 0.286. The van der Waals surface area contributed by atoms with Gasteiger partial charge in [0.15, 0.2) is 0 Å². The van der Waals surface area contributed by atoms with Crippen LogP contribution in [0.15, 0.2) is 48.8 Å². The minimum atomic E-state index is 0. The van der Waals surface area contributed by atoms with Gasteiger partial charge >= 0.3 is 0 Å². The van der Waals surface area contributed by atoms with Crippen molar-refractivity contribution in [2.45, 2.75) is 37.8 Å². The van der Waals surface area contributed by atoms with E-state index in [0.717, 1.165) is 65.5 Å². The molecule has 38 heavy (non-hydrogen) atoms. The molecule has 0 saturated carbocycles. The third kappa shape index (κ3) is 6.65. The highest BCUT2D eigenvalue weighted by molar-refractivity contribution is 5.98. The summed E-state index contributed by atoms with van der Waals surface area (Å²) in [7, 11) is 0. The molecule has 10 heteroatoms. The van der Waals surface area contributed by atoms with Crippen molar-refractivity contribution in [2.75, 3.05) is 13.1 Å². The molecule has 2 aliphatic heterocycles. The Hall–Kier alpha value is -2.68. The van der Waals surface area contributed by atoms with Crippen molar-refractivity contribution in [3.8, 4) is 34.9 Å². The van der Waals surface area contributed by atoms with Crippen LogP contribution < -0.4 is 10.6 Å². The number of nitrogens with zero attached hydrogens (tertiary/aromatic N) is 2. The second kappa shape index (κ2) is 14.5. The number of aromatic amines is 2. The van der Waals surface area contributed by atoms with E-state index in [1.807, 2.05) is 6.20 Å². The molecule has 2 aromatic carbocycles. The van der Waals surface area contributed by atoms with Crippen LogP contribution in [0.4, 0.5) is 0 Å². The summed E-state index contributed by atoms with van der Waals surface area (Å²) in [5.74, 6) is 14.4. The lowest BCUT2D eigenvalue weighted by Crippen LogP contribution is -2.14. The van der Waals surface area contributed by atoms with Gasteiger partial charge in [-0.05, 0) is 73.4 Å². The van der Waals surface area contributed by atoms with Gasteiger partial charge < -0.3 is 20.6 Å². The summed E-state index contributed by atoms with van der Waals surface area (Å²) in [5.41, 5.74) is 3.78. The molecule has 4 aromatic rings. The number of rotatable bonds is 3. The summed E-state index contributed by atoms with van der Waals surface area (Å²) in [6.45, 7) is 2.08. The summed E-state index contributed by atoms with van der Waals surface area (Å²) in [5, 5.41) is 9.29. The quantitative estimate of drug-likeness (QED) is 0.224. The van der Waals surface area contributed by atoms with Gasteiger partial charge in [-0.2, -0.15) is 0 Å². The van der Waals surface area contributed by atoms with Crippen LogP contribution >= 0.6 is 49.6 Å². The molecule has 0 spiro atoms. The summed E-state index contributed by atoms with van der Waals surface area (Å²) in [6, 6.07) is 13.2. The van der Waals surface area contributed by atoms with Crippen molar-refractivity contribution >= 4 is 60.4 Å². The van der Waals surface area contributed by atoms with Crippen molar-refractivity contribution in [2.24, 2.45) is 0 Å². The lowest BCUT2D eigenvalue weighted by atomic mass is 9.97. The van der Waals surface area contributed by atoms with E-state index in [0.29, 0.717) is 12.1 Å². The van der Waals surface area contributed by atoms with E-state index < -0.39 is 0 Å². The van der Waals surface area contributed by atoms with Gasteiger partial charge in [-0.3, -0.25) is 0 Å². The first kappa shape index (κ1) is 31.5. The van der Waals surface area contributed by atoms with E-state index in [-0.39, 0.29) is 49.6 Å². The Labute approximate surface area is 247 Å². The third-order valence-electron chi connectivity index (χ3n) is 6.63. The smallest absolute Gasteiger partial charge is 0.124 e. The maximum Gasteiger partial charge on any atom is 0.124 e. The average molecular weight is 592 g/mol. The fourth-order valence-corrected chi connectivity index (χ4v) is 4.92. The van der Waals surface area contributed by atoms with Gasteiger partial charge in [0.25, 0.3) is 0 Å². The molecule has 1 unspecified atom stereocenters. The number of hydrogen-bond donors (Lipinski definition) is 4. The standard InChI is InChI=1S/C28H26N6.4ClH/c1(3-9-21-17-31-27(33-21)23-11-5-15-29-23)8-20-14-13-19-7-2-4-10-22(19)26(20)25-18-32-28(34-25)24-12-6-16-30-24;;;;/h2,4,7,10,13-14,17-18,23-24,29-30H,5-6,11-12,15-16H2,(H,31,33)(H,32,34);4*1H/t23-,24?;;;;/m0..../s1. The number of H-pyrrole nitrogens is 2. The molecule has 4 heterocycles. The molecule has 0 amide bonds. The van der Waals surface area contributed by atoms with Crippen molar-refractivity contribution in [1.82, 2.24) is 30.6 Å². The second-order valence-corrected chi connectivity index (χ2v) is 8.87. The number of aromatic nitrogens is 4. The van der Waals surface area contributed by atoms with Crippen LogP contribution in [0.5, 0.6) is 0 Å². The number of hydrogen-bond acceptors (Lipinski definition) is 4. The zero-order valence-electron chi connectivity index (χ0n) is 20.5. The number of imidazole rings is 2. The zero-order chi connectivity index (χ0) is 22.7. The summed E-state index contributed by atoms with van der Waals surface area (Å²) in [6.07, 6.45) is 8.29. The topological polar surface area (TPSA) is 81.4 Å². The first-order valence-electron chi connectivity index (χ1n) is 12.0. The number of halogens is 4. The maximum atomic E-state index is 4.68. The van der Waals surface area contributed by atoms with Crippen LogP contribution in [0.25, 0.3) is 22.0 Å². The molecule has 0 bridgehead atoms. The van der Waals surface area contributed by atoms with Crippen LogP contribution in [0, 0.1) is 23.7 Å². The van der Waals surface area contributed by atoms with Crippen molar-refractivity contribution in [1.29, 1.82) is 0 Å². The van der Waals surface area contributed by atoms with E-state index in [1.54, 1.807) is 6.20 Å². The predicted molar refractivity (Wildman–Crippen MR) is 163 cm³/mol. The van der Waals surface area contributed by atoms with Gasteiger partial charge in [-0.15, -0.1) is 49.6 Å². The van der Waals surface area contributed by atoms with Gasteiger partial charge in [0.1, 0.15) is 17.3 Å². The lowest BCUT2D eigenvalue weighted by Gasteiger charge is -2.09. The van der Waals surface area contributed by atoms with E-state index in [9.17, 15) is 0 Å². The predicted octanol–water partition coefficient (Wildman–Crippen LogP) is 5.89. The minimum absolute atomic E-state index is 0. The van der Waals surface area contributed by atoms with Gasteiger partial charge in [0, 0.05) is 11.1 Å². The number of fused-ring (bicyclic) bond motifs is 1. The second-order valence-electron chi connectivity index (χ2n) is 8.87. The molecule has 6 rings (SSSR count). The zero-order valence-corrected chi connectivity index (χ0v) is 23.8. The number of nitrogens with one attached hydrogen (secondary N) is 4. The Morgan fingerprint density at radius 2 is 1.37 bits per heavy atom. The maximum absolute atomic E-state index is 4.68. The van der Waals surface area contributed by atoms with Crippen LogP contribution in [0.2, 0.25) is 0 Å². The molecule has 2 saturated heterocycles. The van der Waals surface area contributed by atoms with E-state index in [1.165, 1.54) is 18.2 Å². The normalized spacial score (nSPS) is 17.5. The Bertz CT molecular complexity index is 1460. The van der Waals surface area contributed by atoms with Crippen LogP contribution in [-0.4, -0.2) is 33.0 Å². The van der Waals surface area contributed by atoms with Crippen molar-refractivity contribution in [3.63, 3.8) is 0 Å². The SMILES string of the molecule is C(C#Cc1ccc2ccccc2c1-c1cnc(C2CCCN2)[nH]1)#Cc1cnc([C@@H]2CCCN2)[nH]1.Cl.Cl.Cl.Cl. The Morgan fingerprint density at radius 1 is 0.711 bits per heavy atom. The largest absolute Gasteiger partial charge is 0.341 e. The van der Waals surface area contributed by atoms with Gasteiger partial charge in [-0.1, -0.05) is 36.3 Å². The monoisotopic (exact) mass is 590 g/mol. The first-order chi connectivity index (χ1) is 16.8. The molecule has 0 radical (unpaired) electrons. The summed E-state index contributed by atoms with van der Waals surface area (Å²) < 4.78 is 0. The summed E-state index contributed by atoms with van der Waals surface area (Å²) in [4.78, 5) is 16.0. The Kier molecular flexibility index (Phi) is 12.0. The van der Waals surface area contributed by atoms with Crippen LogP contribution in [-0.2, 0) is 0 Å². The molecule has 2 aromatic heterocycles. The third-order valence-corrected chi connectivity index (χ3v) is 6.63. The minimum Gasteiger partial charge on any atom is -0.341 e. The molecule has 2 fully saturated rings. The van der Waals surface area contributed by atoms with E-state index >= 15 is 0 Å². The van der Waals surface area contributed by atoms with Gasteiger partial charge in [0.05, 0.1) is 30.2 Å². The van der Waals surface area contributed by atoms with E-state index in [2.05, 4.69) is 90.6 Å². The molecule has 6 nitrogen and oxygen atoms in total. The summed E-state index contributed by atoms with van der Waals surface area (Å²) >= 11 is 0. The highest BCUT2D eigenvalue weighted by Gasteiger charge is 2.21. The molecular formula is C28H30Cl4N6. The van der Waals surface area contributed by atoms with Crippen molar-refractivity contribution < 1.29 is 0 Å². The average Bonchev–Trinajstić information content (AvgIpc) is 3.68. The lowest BCUT2D eigenvalue weighted by molar-refractivity contribution is 0.612. The molecule has 2 aliphatic rings. The highest BCUT2D eigenvalue weighted by atomic mass is 35.5. The van der Waals surface area contributed by atoms with Crippen molar-refractivity contribution in [3.05, 3.63) is 71.7 Å². The van der Waals surface area contributed by atoms with Crippen LogP contribution in [0.3, 0.4) is 0 Å². The van der Waals surface area contributed by atoms with Gasteiger partial charge in [0.2, 0.25) is 0 Å². The highest BCUT2D eigenvalue weighted by Crippen LogP contribution is 2.32. The van der Waals surface area contributed by atoms with E-state index in [4.69, 9.17) is 0 Å². The number of benzene rings is 2. The Morgan fingerprint density at radius 3 is 2.08 bits per heavy atom. The Balaban J connectivity index is 0.00000127. The molecule has 200 valence electrons. The van der Waals surface area contributed by atoms with Gasteiger partial charge in [-0.25, -0.2) is 9.97 Å². The fourth-order valence-electron chi connectivity index (χ4n) is 4.92.